The molecule has 0 radical (unpaired) electrons. The summed E-state index contributed by atoms with van der Waals surface area (Å²) in [7, 11) is -2.64. The molecule has 0 bridgehead atoms. The van der Waals surface area contributed by atoms with Crippen LogP contribution in [0.2, 0.25) is 0 Å². The van der Waals surface area contributed by atoms with Crippen LogP contribution in [0.1, 0.15) is 15.9 Å². The second kappa shape index (κ2) is 7.99. The number of halogens is 2. The first-order valence-corrected chi connectivity index (χ1v) is 10.8. The molecule has 160 valence electrons. The van der Waals surface area contributed by atoms with Crippen molar-refractivity contribution in [2.45, 2.75) is 11.3 Å². The Balaban J connectivity index is 1.71. The lowest BCUT2D eigenvalue weighted by Crippen LogP contribution is -2.29. The van der Waals surface area contributed by atoms with Crippen LogP contribution in [-0.2, 0) is 16.4 Å². The van der Waals surface area contributed by atoms with Gasteiger partial charge in [0.15, 0.2) is 0 Å². The zero-order valence-corrected chi connectivity index (χ0v) is 17.2. The SMILES string of the molecule is COc1ccc(S(=O)(=O)N2CCc3ccccc32)cc1C(=O)Nc1cc(F)ccc1F. The van der Waals surface area contributed by atoms with E-state index in [-0.39, 0.29) is 28.4 Å². The van der Waals surface area contributed by atoms with Gasteiger partial charge in [0.1, 0.15) is 17.4 Å². The zero-order valence-electron chi connectivity index (χ0n) is 16.4. The number of para-hydroxylation sites is 1. The number of anilines is 2. The van der Waals surface area contributed by atoms with Crippen molar-refractivity contribution >= 4 is 27.3 Å². The molecule has 6 nitrogen and oxygen atoms in total. The van der Waals surface area contributed by atoms with Gasteiger partial charge in [0.2, 0.25) is 0 Å². The van der Waals surface area contributed by atoms with Crippen molar-refractivity contribution in [3.63, 3.8) is 0 Å². The van der Waals surface area contributed by atoms with Crippen molar-refractivity contribution in [2.24, 2.45) is 0 Å². The molecule has 3 aromatic rings. The molecule has 0 aliphatic carbocycles. The van der Waals surface area contributed by atoms with E-state index >= 15 is 0 Å². The molecule has 0 fully saturated rings. The van der Waals surface area contributed by atoms with Gasteiger partial charge in [0.25, 0.3) is 15.9 Å². The Morgan fingerprint density at radius 1 is 1.06 bits per heavy atom. The number of carbonyl (C=O) groups excluding carboxylic acids is 1. The maximum absolute atomic E-state index is 13.9. The minimum Gasteiger partial charge on any atom is -0.496 e. The molecule has 0 atom stereocenters. The first kappa shape index (κ1) is 20.8. The first-order valence-electron chi connectivity index (χ1n) is 9.36. The molecule has 1 aliphatic rings. The molecule has 0 saturated carbocycles. The van der Waals surface area contributed by atoms with Crippen LogP contribution in [-0.4, -0.2) is 28.0 Å². The Kier molecular flexibility index (Phi) is 5.36. The number of fused-ring (bicyclic) bond motifs is 1. The number of sulfonamides is 1. The maximum atomic E-state index is 13.9. The van der Waals surface area contributed by atoms with Gasteiger partial charge in [-0.1, -0.05) is 18.2 Å². The Hall–Kier alpha value is -3.46. The van der Waals surface area contributed by atoms with E-state index in [9.17, 15) is 22.0 Å². The number of nitrogens with one attached hydrogen (secondary N) is 1. The number of amides is 1. The molecule has 1 aliphatic heterocycles. The maximum Gasteiger partial charge on any atom is 0.264 e. The van der Waals surface area contributed by atoms with Gasteiger partial charge in [-0.25, -0.2) is 17.2 Å². The highest BCUT2D eigenvalue weighted by atomic mass is 32.2. The van der Waals surface area contributed by atoms with E-state index in [1.165, 1.54) is 29.6 Å². The minimum absolute atomic E-state index is 0.0927. The molecule has 0 saturated heterocycles. The molecule has 0 aromatic heterocycles. The summed E-state index contributed by atoms with van der Waals surface area (Å²) in [5.74, 6) is -2.30. The Morgan fingerprint density at radius 2 is 1.84 bits per heavy atom. The molecule has 3 aromatic carbocycles. The van der Waals surface area contributed by atoms with Crippen molar-refractivity contribution in [1.29, 1.82) is 0 Å². The van der Waals surface area contributed by atoms with Gasteiger partial charge in [-0.2, -0.15) is 0 Å². The molecule has 0 spiro atoms. The number of nitrogens with zero attached hydrogens (tertiary/aromatic N) is 1. The first-order chi connectivity index (χ1) is 14.8. The third-order valence-electron chi connectivity index (χ3n) is 5.02. The second-order valence-electron chi connectivity index (χ2n) is 6.90. The van der Waals surface area contributed by atoms with E-state index < -0.39 is 27.6 Å². The number of methoxy groups -OCH3 is 1. The van der Waals surface area contributed by atoms with Gasteiger partial charge in [0.05, 0.1) is 28.9 Å². The molecular formula is C22H18F2N2O4S. The van der Waals surface area contributed by atoms with E-state index in [0.717, 1.165) is 23.8 Å². The van der Waals surface area contributed by atoms with E-state index in [1.54, 1.807) is 12.1 Å². The van der Waals surface area contributed by atoms with E-state index in [0.29, 0.717) is 12.1 Å². The predicted molar refractivity (Wildman–Crippen MR) is 112 cm³/mol. The Morgan fingerprint density at radius 3 is 2.61 bits per heavy atom. The second-order valence-corrected chi connectivity index (χ2v) is 8.76. The van der Waals surface area contributed by atoms with Crippen LogP contribution >= 0.6 is 0 Å². The minimum atomic E-state index is -3.96. The van der Waals surface area contributed by atoms with Crippen LogP contribution in [0.25, 0.3) is 0 Å². The molecule has 4 rings (SSSR count). The summed E-state index contributed by atoms with van der Waals surface area (Å²) in [6.07, 6.45) is 0.581. The highest BCUT2D eigenvalue weighted by Crippen LogP contribution is 2.34. The fourth-order valence-corrected chi connectivity index (χ4v) is 5.02. The average molecular weight is 444 g/mol. The van der Waals surface area contributed by atoms with Gasteiger partial charge in [-0.15, -0.1) is 0 Å². The fraction of sp³-hybridized carbons (Fsp3) is 0.136. The van der Waals surface area contributed by atoms with Crippen LogP contribution in [0.4, 0.5) is 20.2 Å². The lowest BCUT2D eigenvalue weighted by molar-refractivity contribution is 0.102. The molecular weight excluding hydrogens is 426 g/mol. The van der Waals surface area contributed by atoms with Crippen LogP contribution < -0.4 is 14.4 Å². The van der Waals surface area contributed by atoms with Gasteiger partial charge in [0, 0.05) is 12.6 Å². The summed E-state index contributed by atoms with van der Waals surface area (Å²) >= 11 is 0. The smallest absolute Gasteiger partial charge is 0.264 e. The zero-order chi connectivity index (χ0) is 22.2. The van der Waals surface area contributed by atoms with E-state index in [4.69, 9.17) is 4.74 Å². The van der Waals surface area contributed by atoms with Crippen molar-refractivity contribution in [3.05, 3.63) is 83.4 Å². The fourth-order valence-electron chi connectivity index (χ4n) is 3.49. The Bertz CT molecular complexity index is 1280. The molecule has 9 heteroatoms. The number of ether oxygens (including phenoxy) is 1. The molecule has 0 unspecified atom stereocenters. The quantitative estimate of drug-likeness (QED) is 0.646. The number of carbonyl (C=O) groups is 1. The van der Waals surface area contributed by atoms with Crippen molar-refractivity contribution in [3.8, 4) is 5.75 Å². The third kappa shape index (κ3) is 3.84. The lowest BCUT2D eigenvalue weighted by Gasteiger charge is -2.20. The van der Waals surface area contributed by atoms with Crippen molar-refractivity contribution in [1.82, 2.24) is 0 Å². The molecule has 1 amide bonds. The van der Waals surface area contributed by atoms with Crippen LogP contribution in [0.5, 0.6) is 5.75 Å². The molecule has 1 N–H and O–H groups in total. The van der Waals surface area contributed by atoms with Crippen LogP contribution in [0.3, 0.4) is 0 Å². The third-order valence-corrected chi connectivity index (χ3v) is 6.83. The van der Waals surface area contributed by atoms with Crippen molar-refractivity contribution in [2.75, 3.05) is 23.3 Å². The molecule has 31 heavy (non-hydrogen) atoms. The number of hydrogen-bond acceptors (Lipinski definition) is 4. The number of benzene rings is 3. The monoisotopic (exact) mass is 444 g/mol. The lowest BCUT2D eigenvalue weighted by atomic mass is 10.1. The summed E-state index contributed by atoms with van der Waals surface area (Å²) in [5, 5.41) is 2.26. The van der Waals surface area contributed by atoms with Crippen molar-refractivity contribution < 1.29 is 26.7 Å². The topological polar surface area (TPSA) is 75.7 Å². The summed E-state index contributed by atoms with van der Waals surface area (Å²) in [6, 6.07) is 13.7. The number of hydrogen-bond donors (Lipinski definition) is 1. The summed E-state index contributed by atoms with van der Waals surface area (Å²) in [5.41, 5.74) is 1.01. The summed E-state index contributed by atoms with van der Waals surface area (Å²) < 4.78 is 60.4. The van der Waals surface area contributed by atoms with Crippen LogP contribution in [0, 0.1) is 11.6 Å². The number of rotatable bonds is 5. The Labute approximate surface area is 178 Å². The van der Waals surface area contributed by atoms with Gasteiger partial charge in [-0.05, 0) is 48.4 Å². The largest absolute Gasteiger partial charge is 0.496 e. The van der Waals surface area contributed by atoms with E-state index in [1.807, 2.05) is 12.1 Å². The summed E-state index contributed by atoms with van der Waals surface area (Å²) in [4.78, 5) is 12.7. The van der Waals surface area contributed by atoms with Crippen LogP contribution in [0.15, 0.2) is 65.6 Å². The molecule has 1 heterocycles. The van der Waals surface area contributed by atoms with Gasteiger partial charge >= 0.3 is 0 Å². The highest BCUT2D eigenvalue weighted by Gasteiger charge is 2.31. The van der Waals surface area contributed by atoms with E-state index in [2.05, 4.69) is 5.32 Å². The standard InChI is InChI=1S/C22H18F2N2O4S/c1-30-21-9-7-16(31(28,29)26-11-10-14-4-2-3-5-20(14)26)13-17(21)22(27)25-19-12-15(23)6-8-18(19)24/h2-9,12-13H,10-11H2,1H3,(H,25,27). The average Bonchev–Trinajstić information content (AvgIpc) is 3.21. The van der Waals surface area contributed by atoms with Gasteiger partial charge in [-0.3, -0.25) is 9.10 Å². The predicted octanol–water partition coefficient (Wildman–Crippen LogP) is 3.98. The highest BCUT2D eigenvalue weighted by molar-refractivity contribution is 7.92. The summed E-state index contributed by atoms with van der Waals surface area (Å²) in [6.45, 7) is 0.281. The van der Waals surface area contributed by atoms with Gasteiger partial charge < -0.3 is 10.1 Å². The normalized spacial score (nSPS) is 13.1.